The van der Waals surface area contributed by atoms with Crippen molar-refractivity contribution >= 4 is 42.8 Å². The molecule has 2 N–H and O–H groups in total. The van der Waals surface area contributed by atoms with Gasteiger partial charge in [-0.2, -0.15) is 4.98 Å². The molecule has 0 saturated heterocycles. The monoisotopic (exact) mass is 627 g/mol. The van der Waals surface area contributed by atoms with E-state index in [2.05, 4.69) is 30.1 Å². The van der Waals surface area contributed by atoms with E-state index in [1.54, 1.807) is 0 Å². The van der Waals surface area contributed by atoms with Gasteiger partial charge in [-0.1, -0.05) is 0 Å². The number of pyridine rings is 1. The first-order valence-electron chi connectivity index (χ1n) is 12.7. The van der Waals surface area contributed by atoms with E-state index in [0.29, 0.717) is 0 Å². The molecule has 42 heavy (non-hydrogen) atoms. The third kappa shape index (κ3) is 8.23. The van der Waals surface area contributed by atoms with Crippen LogP contribution >= 0.6 is 7.82 Å². The normalized spacial score (nSPS) is 14.9. The number of fused-ring (bicyclic) bond motifs is 1. The van der Waals surface area contributed by atoms with E-state index in [1.165, 1.54) is 52.3 Å². The summed E-state index contributed by atoms with van der Waals surface area (Å²) < 4.78 is 73.4. The Hall–Kier alpha value is -2.24. The Bertz CT molecular complexity index is 1600. The number of halogens is 1. The minimum Gasteiger partial charge on any atom is -0.790 e. The molecule has 19 heteroatoms. The summed E-state index contributed by atoms with van der Waals surface area (Å²) in [5.41, 5.74) is -1.25. The van der Waals surface area contributed by atoms with Gasteiger partial charge >= 0.3 is 59.1 Å². The standard InChI is InChI=1S/C23H26FN6O9P.2Na/c1-23(2)21(31)30(11-38-40(32,33)34)20-14(39-23)6-7-17(28-20)27-19-13(24)10-25-22(29-19)26-12-8-15(35-3)18(37-5)16(9-12)36-4;;/h6-10H,11H2,1-5H3,(H2,32,33,34)(H2,25,26,27,28,29);;/q;2*+1/p-2/i3D3;;. The maximum absolute atomic E-state index is 14.7. The molecule has 0 saturated carbocycles. The number of benzene rings is 1. The van der Waals surface area contributed by atoms with Crippen LogP contribution in [0.3, 0.4) is 0 Å². The van der Waals surface area contributed by atoms with Gasteiger partial charge in [0.2, 0.25) is 11.7 Å². The number of phosphoric acid groups is 1. The van der Waals surface area contributed by atoms with Crippen LogP contribution in [0, 0.1) is 5.82 Å². The molecular formula is C23H24FN6Na2O9P. The van der Waals surface area contributed by atoms with Crippen molar-refractivity contribution in [1.29, 1.82) is 0 Å². The summed E-state index contributed by atoms with van der Waals surface area (Å²) in [4.78, 5) is 47.9. The molecule has 0 bridgehead atoms. The van der Waals surface area contributed by atoms with Crippen molar-refractivity contribution in [2.45, 2.75) is 19.4 Å². The summed E-state index contributed by atoms with van der Waals surface area (Å²) in [6, 6.07) is 5.48. The minimum atomic E-state index is -5.45. The summed E-state index contributed by atoms with van der Waals surface area (Å²) in [6.07, 6.45) is 0.839. The molecule has 0 unspecified atom stereocenters. The summed E-state index contributed by atoms with van der Waals surface area (Å²) in [6.45, 7) is 1.88. The van der Waals surface area contributed by atoms with E-state index in [1.807, 2.05) is 0 Å². The van der Waals surface area contributed by atoms with Gasteiger partial charge in [0, 0.05) is 17.8 Å². The molecular weight excluding hydrogens is 600 g/mol. The Morgan fingerprint density at radius 2 is 1.81 bits per heavy atom. The second-order valence-corrected chi connectivity index (χ2v) is 9.67. The van der Waals surface area contributed by atoms with Crippen molar-refractivity contribution in [1.82, 2.24) is 15.0 Å². The molecule has 4 rings (SSSR count). The largest absolute Gasteiger partial charge is 1.00 e. The smallest absolute Gasteiger partial charge is 0.790 e. The fourth-order valence-electron chi connectivity index (χ4n) is 3.61. The molecule has 0 fully saturated rings. The molecule has 2 aromatic heterocycles. The first kappa shape index (κ1) is 31.2. The van der Waals surface area contributed by atoms with Crippen molar-refractivity contribution in [3.8, 4) is 23.0 Å². The predicted molar refractivity (Wildman–Crippen MR) is 135 cm³/mol. The van der Waals surface area contributed by atoms with Gasteiger partial charge in [0.15, 0.2) is 40.3 Å². The fourth-order valence-corrected chi connectivity index (χ4v) is 3.87. The Balaban J connectivity index is 0.00000353. The number of carbonyl (C=O) groups excluding carboxylic acids is 1. The average Bonchev–Trinajstić information content (AvgIpc) is 2.89. The molecule has 3 aromatic rings. The molecule has 0 radical (unpaired) electrons. The zero-order chi connectivity index (χ0) is 31.7. The number of nitrogens with zero attached hydrogens (tertiary/aromatic N) is 4. The maximum atomic E-state index is 14.7. The number of methoxy groups -OCH3 is 3. The molecule has 1 aliphatic heterocycles. The Morgan fingerprint density at radius 1 is 1.12 bits per heavy atom. The van der Waals surface area contributed by atoms with Crippen LogP contribution in [-0.4, -0.2) is 54.4 Å². The number of phosphoric ester groups is 1. The minimum absolute atomic E-state index is 0. The van der Waals surface area contributed by atoms with Crippen LogP contribution in [0.4, 0.5) is 33.5 Å². The van der Waals surface area contributed by atoms with Crippen molar-refractivity contribution in [2.75, 3.05) is 43.5 Å². The molecule has 0 spiro atoms. The number of carbonyl (C=O) groups is 1. The molecule has 1 aromatic carbocycles. The van der Waals surface area contributed by atoms with Crippen molar-refractivity contribution in [2.24, 2.45) is 0 Å². The second kappa shape index (κ2) is 14.5. The second-order valence-electron chi connectivity index (χ2n) is 8.52. The van der Waals surface area contributed by atoms with Crippen LogP contribution in [0.25, 0.3) is 0 Å². The zero-order valence-electron chi connectivity index (χ0n) is 26.4. The number of nitrogens with one attached hydrogen (secondary N) is 2. The maximum Gasteiger partial charge on any atom is 1.00 e. The Labute approximate surface area is 288 Å². The number of ether oxygens (including phenoxy) is 4. The zero-order valence-corrected chi connectivity index (χ0v) is 28.3. The number of hydrogen-bond donors (Lipinski definition) is 2. The van der Waals surface area contributed by atoms with Gasteiger partial charge in [-0.15, -0.1) is 0 Å². The quantitative estimate of drug-likeness (QED) is 0.163. The van der Waals surface area contributed by atoms with Gasteiger partial charge in [-0.25, -0.2) is 14.4 Å². The van der Waals surface area contributed by atoms with Gasteiger partial charge in [0.1, 0.15) is 12.5 Å². The SMILES string of the molecule is [2H]C([2H])([2H])Oc1cc(Nc2ncc(F)c(Nc3ccc4c(n3)N(COP(=O)([O-])[O-])C(=O)C(C)(C)O4)n2)cc(OC)c1OC.[Na+].[Na+]. The van der Waals surface area contributed by atoms with E-state index in [4.69, 9.17) is 23.1 Å². The van der Waals surface area contributed by atoms with E-state index in [9.17, 15) is 23.5 Å². The van der Waals surface area contributed by atoms with Crippen molar-refractivity contribution < 1.29 is 110 Å². The third-order valence-corrected chi connectivity index (χ3v) is 5.80. The molecule has 15 nitrogen and oxygen atoms in total. The van der Waals surface area contributed by atoms with Gasteiger partial charge < -0.3 is 48.5 Å². The fraction of sp³-hybridized carbons (Fsp3) is 0.304. The third-order valence-electron chi connectivity index (χ3n) is 5.37. The van der Waals surface area contributed by atoms with Crippen LogP contribution in [0.1, 0.15) is 18.0 Å². The van der Waals surface area contributed by atoms with Gasteiger partial charge in [-0.05, 0) is 26.0 Å². The van der Waals surface area contributed by atoms with E-state index in [-0.39, 0.29) is 111 Å². The van der Waals surface area contributed by atoms with Gasteiger partial charge in [-0.3, -0.25) is 9.69 Å². The molecule has 1 aliphatic rings. The van der Waals surface area contributed by atoms with E-state index < -0.39 is 38.9 Å². The number of rotatable bonds is 10. The number of hydrogen-bond acceptors (Lipinski definition) is 14. The molecule has 0 atom stereocenters. The number of aromatic nitrogens is 3. The summed E-state index contributed by atoms with van der Waals surface area (Å²) in [5, 5.41) is 5.42. The van der Waals surface area contributed by atoms with E-state index in [0.717, 1.165) is 11.1 Å². The summed E-state index contributed by atoms with van der Waals surface area (Å²) in [5.74, 6) is -2.44. The van der Waals surface area contributed by atoms with Crippen LogP contribution in [-0.2, 0) is 13.9 Å². The van der Waals surface area contributed by atoms with Gasteiger partial charge in [0.25, 0.3) is 5.91 Å². The van der Waals surface area contributed by atoms with Crippen LogP contribution in [0.15, 0.2) is 30.5 Å². The topological polar surface area (TPSA) is 192 Å². The molecule has 1 amide bonds. The Kier molecular flexibility index (Phi) is 10.8. The van der Waals surface area contributed by atoms with Crippen LogP contribution < -0.4 is 103 Å². The summed E-state index contributed by atoms with van der Waals surface area (Å²) >= 11 is 0. The van der Waals surface area contributed by atoms with Crippen LogP contribution in [0.5, 0.6) is 23.0 Å². The van der Waals surface area contributed by atoms with Crippen LogP contribution in [0.2, 0.25) is 0 Å². The summed E-state index contributed by atoms with van der Waals surface area (Å²) in [7, 11) is -5.62. The van der Waals surface area contributed by atoms with E-state index >= 15 is 0 Å². The Morgan fingerprint density at radius 3 is 2.43 bits per heavy atom. The molecule has 0 aliphatic carbocycles. The average molecular weight is 627 g/mol. The first-order chi connectivity index (χ1) is 20.0. The number of amides is 1. The molecule has 3 heterocycles. The predicted octanol–water partition coefficient (Wildman–Crippen LogP) is -4.16. The van der Waals surface area contributed by atoms with Gasteiger partial charge in [0.05, 0.1) is 39.4 Å². The first-order valence-corrected chi connectivity index (χ1v) is 12.7. The molecule has 214 valence electrons. The van der Waals surface area contributed by atoms with Crippen molar-refractivity contribution in [3.05, 3.63) is 36.3 Å². The van der Waals surface area contributed by atoms with Crippen molar-refractivity contribution in [3.63, 3.8) is 0 Å². The number of anilines is 5.